The summed E-state index contributed by atoms with van der Waals surface area (Å²) in [6.45, 7) is 7.47. The Hall–Kier alpha value is -3.36. The van der Waals surface area contributed by atoms with Crippen LogP contribution >= 0.6 is 22.9 Å². The lowest BCUT2D eigenvalue weighted by Gasteiger charge is -2.16. The summed E-state index contributed by atoms with van der Waals surface area (Å²) in [5.74, 6) is -0.371. The van der Waals surface area contributed by atoms with Crippen molar-refractivity contribution in [2.75, 3.05) is 7.11 Å². The number of ether oxygens (including phenoxy) is 3. The molecule has 36 heavy (non-hydrogen) atoms. The molecule has 188 valence electrons. The Kier molecular flexibility index (Phi) is 7.38. The fourth-order valence-electron chi connectivity index (χ4n) is 3.55. The Morgan fingerprint density at radius 1 is 1.14 bits per heavy atom. The van der Waals surface area contributed by atoms with Gasteiger partial charge in [0, 0.05) is 16.7 Å². The van der Waals surface area contributed by atoms with E-state index in [0.29, 0.717) is 15.6 Å². The molecule has 0 bridgehead atoms. The van der Waals surface area contributed by atoms with Gasteiger partial charge in [0.15, 0.2) is 4.88 Å². The molecule has 0 aliphatic carbocycles. The number of rotatable bonds is 7. The van der Waals surface area contributed by atoms with Gasteiger partial charge < -0.3 is 14.2 Å². The van der Waals surface area contributed by atoms with Crippen molar-refractivity contribution in [1.29, 1.82) is 0 Å². The number of thiophene rings is 1. The van der Waals surface area contributed by atoms with Crippen molar-refractivity contribution in [3.05, 3.63) is 75.9 Å². The second-order valence-electron chi connectivity index (χ2n) is 9.31. The van der Waals surface area contributed by atoms with Gasteiger partial charge in [-0.25, -0.2) is 9.78 Å². The lowest BCUT2D eigenvalue weighted by Crippen LogP contribution is -2.22. The van der Waals surface area contributed by atoms with Gasteiger partial charge in [0.1, 0.15) is 29.8 Å². The Labute approximate surface area is 218 Å². The maximum atomic E-state index is 12.6. The molecule has 0 spiro atoms. The minimum Gasteiger partial charge on any atom is -0.484 e. The van der Waals surface area contributed by atoms with Gasteiger partial charge in [0.05, 0.1) is 23.6 Å². The van der Waals surface area contributed by atoms with E-state index in [1.165, 1.54) is 18.4 Å². The van der Waals surface area contributed by atoms with Crippen LogP contribution in [-0.4, -0.2) is 28.6 Å². The van der Waals surface area contributed by atoms with Crippen LogP contribution in [0.3, 0.4) is 0 Å². The van der Waals surface area contributed by atoms with E-state index in [1.54, 1.807) is 18.5 Å². The highest BCUT2D eigenvalue weighted by molar-refractivity contribution is 7.16. The van der Waals surface area contributed by atoms with Crippen molar-refractivity contribution in [3.63, 3.8) is 0 Å². The molecule has 0 N–H and O–H groups in total. The van der Waals surface area contributed by atoms with E-state index in [9.17, 15) is 9.59 Å². The Bertz CT molecular complexity index is 1420. The number of benzene rings is 2. The molecule has 0 amide bonds. The minimum atomic E-state index is -0.579. The van der Waals surface area contributed by atoms with Gasteiger partial charge in [-0.2, -0.15) is 0 Å². The summed E-state index contributed by atoms with van der Waals surface area (Å²) in [5.41, 5.74) is 2.63. The number of hydrogen-bond acceptors (Lipinski definition) is 7. The van der Waals surface area contributed by atoms with Gasteiger partial charge >= 0.3 is 11.9 Å². The number of carbonyl (C=O) groups is 2. The molecule has 2 aromatic carbocycles. The third-order valence-electron chi connectivity index (χ3n) is 5.53. The zero-order valence-electron chi connectivity index (χ0n) is 20.7. The van der Waals surface area contributed by atoms with Crippen LogP contribution in [0, 0.1) is 5.41 Å². The van der Waals surface area contributed by atoms with E-state index in [0.717, 1.165) is 27.2 Å². The van der Waals surface area contributed by atoms with E-state index in [2.05, 4.69) is 4.98 Å². The molecule has 0 saturated heterocycles. The quantitative estimate of drug-likeness (QED) is 0.248. The standard InChI is InChI=1S/C27H27ClN2O5S/c1-16(18-8-6-7-9-19(18)28)35-22-13-23(36-24(22)25(31)33-5)30-15-29-20-11-10-17(12-21(20)30)14-34-26(32)27(2,3)4/h6-13,15-16H,14H2,1-5H3/t16-/m1/s1. The molecule has 0 radical (unpaired) electrons. The Morgan fingerprint density at radius 2 is 1.89 bits per heavy atom. The molecule has 9 heteroatoms. The van der Waals surface area contributed by atoms with E-state index < -0.39 is 17.5 Å². The van der Waals surface area contributed by atoms with Crippen LogP contribution in [0.4, 0.5) is 0 Å². The number of fused-ring (bicyclic) bond motifs is 1. The largest absolute Gasteiger partial charge is 0.484 e. The molecule has 0 aliphatic heterocycles. The minimum absolute atomic E-state index is 0.152. The number of nitrogens with zero attached hydrogens (tertiary/aromatic N) is 2. The molecule has 0 fully saturated rings. The van der Waals surface area contributed by atoms with Crippen molar-refractivity contribution in [2.45, 2.75) is 40.4 Å². The fourth-order valence-corrected chi connectivity index (χ4v) is 4.83. The lowest BCUT2D eigenvalue weighted by molar-refractivity contribution is -0.154. The summed E-state index contributed by atoms with van der Waals surface area (Å²) in [4.78, 5) is 29.6. The van der Waals surface area contributed by atoms with Crippen molar-refractivity contribution < 1.29 is 23.8 Å². The second kappa shape index (κ2) is 10.3. The molecule has 0 saturated carbocycles. The summed E-state index contributed by atoms with van der Waals surface area (Å²) >= 11 is 7.58. The maximum Gasteiger partial charge on any atom is 0.351 e. The van der Waals surface area contributed by atoms with E-state index in [-0.39, 0.29) is 12.6 Å². The third-order valence-corrected chi connectivity index (χ3v) is 6.97. The van der Waals surface area contributed by atoms with Gasteiger partial charge in [0.25, 0.3) is 0 Å². The van der Waals surface area contributed by atoms with Crippen molar-refractivity contribution in [1.82, 2.24) is 9.55 Å². The van der Waals surface area contributed by atoms with E-state index in [1.807, 2.05) is 68.7 Å². The topological polar surface area (TPSA) is 79.7 Å². The molecule has 2 heterocycles. The van der Waals surface area contributed by atoms with Gasteiger partial charge in [-0.1, -0.05) is 35.9 Å². The molecule has 1 atom stereocenters. The molecular weight excluding hydrogens is 500 g/mol. The first-order valence-corrected chi connectivity index (χ1v) is 12.5. The first-order valence-electron chi connectivity index (χ1n) is 11.4. The van der Waals surface area contributed by atoms with Gasteiger partial charge in [-0.05, 0) is 51.5 Å². The second-order valence-corrected chi connectivity index (χ2v) is 10.8. The van der Waals surface area contributed by atoms with Crippen LogP contribution in [0.2, 0.25) is 5.02 Å². The number of esters is 2. The van der Waals surface area contributed by atoms with E-state index in [4.69, 9.17) is 25.8 Å². The van der Waals surface area contributed by atoms with Crippen LogP contribution in [-0.2, 0) is 20.9 Å². The smallest absolute Gasteiger partial charge is 0.351 e. The van der Waals surface area contributed by atoms with Crippen LogP contribution in [0.15, 0.2) is 54.9 Å². The number of aromatic nitrogens is 2. The van der Waals surface area contributed by atoms with E-state index >= 15 is 0 Å². The van der Waals surface area contributed by atoms with Crippen LogP contribution < -0.4 is 4.74 Å². The molecular formula is C27H27ClN2O5S. The maximum absolute atomic E-state index is 12.6. The molecule has 4 rings (SSSR count). The van der Waals surface area contributed by atoms with Crippen molar-refractivity contribution in [3.8, 4) is 10.8 Å². The number of methoxy groups -OCH3 is 1. The van der Waals surface area contributed by atoms with Gasteiger partial charge in [-0.15, -0.1) is 11.3 Å². The summed E-state index contributed by atoms with van der Waals surface area (Å²) in [7, 11) is 1.33. The first-order chi connectivity index (χ1) is 17.1. The number of halogens is 1. The fraction of sp³-hybridized carbons (Fsp3) is 0.296. The number of carbonyl (C=O) groups excluding carboxylic acids is 2. The normalized spacial score (nSPS) is 12.4. The Balaban J connectivity index is 1.67. The monoisotopic (exact) mass is 526 g/mol. The predicted molar refractivity (Wildman–Crippen MR) is 140 cm³/mol. The summed E-state index contributed by atoms with van der Waals surface area (Å²) in [5, 5.41) is 1.31. The number of imidazole rings is 1. The van der Waals surface area contributed by atoms with Crippen LogP contribution in [0.5, 0.6) is 5.75 Å². The Morgan fingerprint density at radius 3 is 2.58 bits per heavy atom. The lowest BCUT2D eigenvalue weighted by atomic mass is 9.97. The highest BCUT2D eigenvalue weighted by atomic mass is 35.5. The summed E-state index contributed by atoms with van der Waals surface area (Å²) < 4.78 is 18.5. The highest BCUT2D eigenvalue weighted by Crippen LogP contribution is 2.37. The average molecular weight is 527 g/mol. The molecule has 0 unspecified atom stereocenters. The summed E-state index contributed by atoms with van der Waals surface area (Å²) in [6, 6.07) is 14.9. The van der Waals surface area contributed by atoms with Gasteiger partial charge in [-0.3, -0.25) is 9.36 Å². The predicted octanol–water partition coefficient (Wildman–Crippen LogP) is 6.76. The van der Waals surface area contributed by atoms with Crippen LogP contribution in [0.25, 0.3) is 16.0 Å². The highest BCUT2D eigenvalue weighted by Gasteiger charge is 2.24. The summed E-state index contributed by atoms with van der Waals surface area (Å²) in [6.07, 6.45) is 1.29. The molecule has 0 aliphatic rings. The SMILES string of the molecule is COC(=O)c1sc(-n2cnc3ccc(COC(=O)C(C)(C)C)cc32)cc1O[C@H](C)c1ccccc1Cl. The molecule has 7 nitrogen and oxygen atoms in total. The average Bonchev–Trinajstić information content (AvgIpc) is 3.45. The third kappa shape index (κ3) is 5.39. The van der Waals surface area contributed by atoms with Crippen LogP contribution in [0.1, 0.15) is 54.6 Å². The first kappa shape index (κ1) is 25.7. The zero-order chi connectivity index (χ0) is 26.0. The zero-order valence-corrected chi connectivity index (χ0v) is 22.3. The van der Waals surface area contributed by atoms with Gasteiger partial charge in [0.2, 0.25) is 0 Å². The van der Waals surface area contributed by atoms with Crippen molar-refractivity contribution in [2.24, 2.45) is 5.41 Å². The van der Waals surface area contributed by atoms with Crippen molar-refractivity contribution >= 4 is 45.9 Å². The molecule has 4 aromatic rings. The number of hydrogen-bond donors (Lipinski definition) is 0. The molecule has 2 aromatic heterocycles.